The van der Waals surface area contributed by atoms with Crippen LogP contribution in [0.3, 0.4) is 0 Å². The quantitative estimate of drug-likeness (QED) is 0.777. The molecular weight excluding hydrogens is 387 g/mol. The Kier molecular flexibility index (Phi) is 6.40. The minimum absolute atomic E-state index is 0.244. The van der Waals surface area contributed by atoms with Crippen LogP contribution >= 0.6 is 11.3 Å². The number of carbonyl (C=O) groups excluding carboxylic acids is 1. The van der Waals surface area contributed by atoms with Crippen LogP contribution in [0.5, 0.6) is 0 Å². The van der Waals surface area contributed by atoms with E-state index in [1.54, 1.807) is 11.4 Å². The number of rotatable bonds is 5. The summed E-state index contributed by atoms with van der Waals surface area (Å²) < 4.78 is 38.7. The van der Waals surface area contributed by atoms with Crippen molar-refractivity contribution in [3.8, 4) is 10.6 Å². The van der Waals surface area contributed by atoms with E-state index < -0.39 is 11.7 Å². The molecule has 0 bridgehead atoms. The van der Waals surface area contributed by atoms with Crippen LogP contribution in [0.15, 0.2) is 29.6 Å². The first-order valence-corrected chi connectivity index (χ1v) is 10.3. The molecule has 4 nitrogen and oxygen atoms in total. The van der Waals surface area contributed by atoms with E-state index in [0.717, 1.165) is 38.1 Å². The van der Waals surface area contributed by atoms with Gasteiger partial charge in [0.05, 0.1) is 5.56 Å². The summed E-state index contributed by atoms with van der Waals surface area (Å²) >= 11 is 1.17. The maximum atomic E-state index is 12.9. The number of amides is 1. The van der Waals surface area contributed by atoms with E-state index in [4.69, 9.17) is 0 Å². The molecule has 0 spiro atoms. The number of benzene rings is 1. The van der Waals surface area contributed by atoms with Crippen LogP contribution in [0.2, 0.25) is 0 Å². The number of aromatic nitrogens is 1. The molecule has 0 saturated carbocycles. The summed E-state index contributed by atoms with van der Waals surface area (Å²) in [6, 6.07) is 5.49. The normalized spacial score (nSPS) is 18.4. The first kappa shape index (κ1) is 20.8. The van der Waals surface area contributed by atoms with Gasteiger partial charge in [0.25, 0.3) is 5.91 Å². The predicted molar refractivity (Wildman–Crippen MR) is 104 cm³/mol. The van der Waals surface area contributed by atoms with Crippen LogP contribution in [0.1, 0.15) is 42.7 Å². The summed E-state index contributed by atoms with van der Waals surface area (Å²) in [6.45, 7) is 6.98. The number of alkyl halides is 3. The summed E-state index contributed by atoms with van der Waals surface area (Å²) in [5, 5.41) is 4.92. The minimum Gasteiger partial charge on any atom is -0.350 e. The molecule has 3 rings (SSSR count). The molecule has 2 aromatic rings. The number of halogens is 3. The molecule has 28 heavy (non-hydrogen) atoms. The van der Waals surface area contributed by atoms with Crippen molar-refractivity contribution < 1.29 is 18.0 Å². The highest BCUT2D eigenvalue weighted by molar-refractivity contribution is 7.13. The molecular formula is C20H24F3N3OS. The van der Waals surface area contributed by atoms with Gasteiger partial charge in [-0.1, -0.05) is 12.1 Å². The Hall–Kier alpha value is -1.93. The van der Waals surface area contributed by atoms with Crippen LogP contribution in [0.4, 0.5) is 13.2 Å². The molecule has 1 saturated heterocycles. The zero-order chi connectivity index (χ0) is 20.3. The number of thiazole rings is 1. The second-order valence-corrected chi connectivity index (χ2v) is 8.28. The number of likely N-dealkylation sites (tertiary alicyclic amines) is 1. The Labute approximate surface area is 166 Å². The third-order valence-corrected chi connectivity index (χ3v) is 5.90. The second-order valence-electron chi connectivity index (χ2n) is 7.42. The fourth-order valence-corrected chi connectivity index (χ4v) is 4.20. The highest BCUT2D eigenvalue weighted by Crippen LogP contribution is 2.33. The van der Waals surface area contributed by atoms with Gasteiger partial charge in [-0.05, 0) is 51.3 Å². The molecule has 1 fully saturated rings. The van der Waals surface area contributed by atoms with Gasteiger partial charge in [0.15, 0.2) is 0 Å². The van der Waals surface area contributed by atoms with Crippen molar-refractivity contribution in [3.63, 3.8) is 0 Å². The average Bonchev–Trinajstić information content (AvgIpc) is 3.16. The van der Waals surface area contributed by atoms with Crippen molar-refractivity contribution in [3.05, 3.63) is 40.9 Å². The van der Waals surface area contributed by atoms with E-state index in [-0.39, 0.29) is 11.6 Å². The summed E-state index contributed by atoms with van der Waals surface area (Å²) in [4.78, 5) is 19.1. The van der Waals surface area contributed by atoms with Crippen LogP contribution < -0.4 is 5.32 Å². The number of hydrogen-bond acceptors (Lipinski definition) is 4. The Balaban J connectivity index is 1.62. The van der Waals surface area contributed by atoms with Crippen molar-refractivity contribution in [2.24, 2.45) is 5.92 Å². The predicted octanol–water partition coefficient (Wildman–Crippen LogP) is 4.68. The lowest BCUT2D eigenvalue weighted by atomic mass is 9.97. The SMILES string of the molecule is CC(C)N1CCCC(CNC(=O)c2csc(-c3cccc(C(F)(F)F)c3)n2)C1. The first-order chi connectivity index (χ1) is 13.2. The number of carbonyl (C=O) groups is 1. The molecule has 152 valence electrons. The smallest absolute Gasteiger partial charge is 0.350 e. The number of nitrogens with one attached hydrogen (secondary N) is 1. The van der Waals surface area contributed by atoms with Crippen molar-refractivity contribution in [1.82, 2.24) is 15.2 Å². The third kappa shape index (κ3) is 5.11. The fourth-order valence-electron chi connectivity index (χ4n) is 3.40. The van der Waals surface area contributed by atoms with Crippen molar-refractivity contribution in [2.75, 3.05) is 19.6 Å². The zero-order valence-corrected chi connectivity index (χ0v) is 16.7. The number of piperidine rings is 1. The molecule has 8 heteroatoms. The Bertz CT molecular complexity index is 819. The zero-order valence-electron chi connectivity index (χ0n) is 15.9. The van der Waals surface area contributed by atoms with E-state index >= 15 is 0 Å². The molecule has 1 amide bonds. The van der Waals surface area contributed by atoms with Gasteiger partial charge in [-0.3, -0.25) is 4.79 Å². The van der Waals surface area contributed by atoms with Gasteiger partial charge in [-0.25, -0.2) is 4.98 Å². The van der Waals surface area contributed by atoms with Crippen LogP contribution in [-0.4, -0.2) is 41.5 Å². The van der Waals surface area contributed by atoms with Gasteiger partial charge in [0.2, 0.25) is 0 Å². The lowest BCUT2D eigenvalue weighted by molar-refractivity contribution is -0.137. The van der Waals surface area contributed by atoms with Gasteiger partial charge < -0.3 is 10.2 Å². The van der Waals surface area contributed by atoms with Crippen molar-refractivity contribution in [1.29, 1.82) is 0 Å². The van der Waals surface area contributed by atoms with Gasteiger partial charge in [0, 0.05) is 30.1 Å². The Morgan fingerprint density at radius 3 is 2.89 bits per heavy atom. The molecule has 1 aromatic heterocycles. The molecule has 1 aliphatic heterocycles. The molecule has 1 aromatic carbocycles. The Morgan fingerprint density at radius 1 is 1.39 bits per heavy atom. The highest BCUT2D eigenvalue weighted by atomic mass is 32.1. The van der Waals surface area contributed by atoms with Gasteiger partial charge in [-0.15, -0.1) is 11.3 Å². The molecule has 1 aliphatic rings. The lowest BCUT2D eigenvalue weighted by Crippen LogP contribution is -2.43. The minimum atomic E-state index is -4.41. The molecule has 0 aliphatic carbocycles. The van der Waals surface area contributed by atoms with Crippen LogP contribution in [0.25, 0.3) is 10.6 Å². The van der Waals surface area contributed by atoms with Crippen LogP contribution in [0, 0.1) is 5.92 Å². The van der Waals surface area contributed by atoms with Crippen molar-refractivity contribution in [2.45, 2.75) is 38.9 Å². The highest BCUT2D eigenvalue weighted by Gasteiger charge is 2.30. The van der Waals surface area contributed by atoms with Crippen molar-refractivity contribution >= 4 is 17.2 Å². The summed E-state index contributed by atoms with van der Waals surface area (Å²) in [7, 11) is 0. The van der Waals surface area contributed by atoms with Gasteiger partial charge in [-0.2, -0.15) is 13.2 Å². The molecule has 0 radical (unpaired) electrons. The molecule has 1 N–H and O–H groups in total. The lowest BCUT2D eigenvalue weighted by Gasteiger charge is -2.35. The second kappa shape index (κ2) is 8.61. The van der Waals surface area contributed by atoms with Crippen LogP contribution in [-0.2, 0) is 6.18 Å². The molecule has 1 unspecified atom stereocenters. The van der Waals surface area contributed by atoms with E-state index in [1.165, 1.54) is 17.4 Å². The number of hydrogen-bond donors (Lipinski definition) is 1. The molecule has 2 heterocycles. The fraction of sp³-hybridized carbons (Fsp3) is 0.500. The largest absolute Gasteiger partial charge is 0.416 e. The average molecular weight is 411 g/mol. The van der Waals surface area contributed by atoms with E-state index in [1.807, 2.05) is 0 Å². The van der Waals surface area contributed by atoms with E-state index in [2.05, 4.69) is 29.0 Å². The first-order valence-electron chi connectivity index (χ1n) is 9.39. The molecule has 1 atom stereocenters. The topological polar surface area (TPSA) is 45.2 Å². The monoisotopic (exact) mass is 411 g/mol. The Morgan fingerprint density at radius 2 is 2.18 bits per heavy atom. The standard InChI is InChI=1S/C20H24F3N3OS/c1-13(2)26-8-4-5-14(11-26)10-24-18(27)17-12-28-19(25-17)15-6-3-7-16(9-15)20(21,22)23/h3,6-7,9,12-14H,4-5,8,10-11H2,1-2H3,(H,24,27). The maximum absolute atomic E-state index is 12.9. The summed E-state index contributed by atoms with van der Waals surface area (Å²) in [5.41, 5.74) is -0.120. The number of nitrogens with zero attached hydrogens (tertiary/aromatic N) is 2. The van der Waals surface area contributed by atoms with Gasteiger partial charge in [0.1, 0.15) is 10.7 Å². The summed E-state index contributed by atoms with van der Waals surface area (Å²) in [5.74, 6) is 0.123. The van der Waals surface area contributed by atoms with Gasteiger partial charge >= 0.3 is 6.18 Å². The maximum Gasteiger partial charge on any atom is 0.416 e. The van der Waals surface area contributed by atoms with E-state index in [9.17, 15) is 18.0 Å². The summed E-state index contributed by atoms with van der Waals surface area (Å²) in [6.07, 6.45) is -2.21. The van der Waals surface area contributed by atoms with E-state index in [0.29, 0.717) is 29.1 Å². The third-order valence-electron chi connectivity index (χ3n) is 5.01.